The number of ether oxygens (including phenoxy) is 2. The van der Waals surface area contributed by atoms with Crippen LogP contribution in [0.15, 0.2) is 0 Å². The van der Waals surface area contributed by atoms with E-state index < -0.39 is 35.0 Å². The van der Waals surface area contributed by atoms with Crippen molar-refractivity contribution in [3.63, 3.8) is 0 Å². The van der Waals surface area contributed by atoms with E-state index in [2.05, 4.69) is 9.47 Å². The Morgan fingerprint density at radius 1 is 0.833 bits per heavy atom. The molecule has 0 fully saturated rings. The molecule has 0 aliphatic rings. The Morgan fingerprint density at radius 2 is 1.06 bits per heavy atom. The summed E-state index contributed by atoms with van der Waals surface area (Å²) >= 11 is 0. The Labute approximate surface area is 107 Å². The van der Waals surface area contributed by atoms with Gasteiger partial charge >= 0.3 is 11.9 Å². The first-order valence-corrected chi connectivity index (χ1v) is 5.72. The minimum atomic E-state index is -2.37. The summed E-state index contributed by atoms with van der Waals surface area (Å²) in [5, 5.41) is 21.0. The first-order chi connectivity index (χ1) is 8.10. The van der Waals surface area contributed by atoms with Gasteiger partial charge in [0.2, 0.25) is 11.2 Å². The van der Waals surface area contributed by atoms with Crippen LogP contribution in [-0.4, -0.2) is 47.6 Å². The predicted octanol–water partition coefficient (Wildman–Crippen LogP) is 0.107. The lowest BCUT2D eigenvalue weighted by atomic mass is 9.69. The molecule has 0 aromatic rings. The van der Waals surface area contributed by atoms with Gasteiger partial charge in [-0.05, 0) is 11.8 Å². The molecule has 106 valence electrons. The first kappa shape index (κ1) is 16.9. The van der Waals surface area contributed by atoms with E-state index in [-0.39, 0.29) is 0 Å². The molecule has 6 nitrogen and oxygen atoms in total. The molecule has 6 heteroatoms. The number of hydrogen-bond acceptors (Lipinski definition) is 6. The van der Waals surface area contributed by atoms with E-state index >= 15 is 0 Å². The number of carbonyl (C=O) groups is 2. The molecule has 0 saturated heterocycles. The summed E-state index contributed by atoms with van der Waals surface area (Å²) in [4.78, 5) is 23.6. The Bertz CT molecular complexity index is 293. The highest BCUT2D eigenvalue weighted by Gasteiger charge is 2.64. The number of esters is 2. The van der Waals surface area contributed by atoms with Gasteiger partial charge in [-0.2, -0.15) is 0 Å². The van der Waals surface area contributed by atoms with Gasteiger partial charge in [0.25, 0.3) is 0 Å². The Hall–Kier alpha value is -1.14. The highest BCUT2D eigenvalue weighted by molar-refractivity contribution is 5.92. The molecule has 0 aromatic heterocycles. The van der Waals surface area contributed by atoms with Gasteiger partial charge in [-0.25, -0.2) is 9.59 Å². The van der Waals surface area contributed by atoms with Crippen molar-refractivity contribution >= 4 is 11.9 Å². The lowest BCUT2D eigenvalue weighted by Gasteiger charge is -2.43. The lowest BCUT2D eigenvalue weighted by molar-refractivity contribution is -0.229. The van der Waals surface area contributed by atoms with Crippen molar-refractivity contribution in [3.05, 3.63) is 0 Å². The average Bonchev–Trinajstić information content (AvgIpc) is 2.33. The van der Waals surface area contributed by atoms with Crippen LogP contribution in [0.1, 0.15) is 27.7 Å². The summed E-state index contributed by atoms with van der Waals surface area (Å²) in [6, 6.07) is 0. The molecule has 0 saturated carbocycles. The number of aliphatic hydroxyl groups is 2. The zero-order valence-corrected chi connectivity index (χ0v) is 11.7. The molecule has 0 amide bonds. The van der Waals surface area contributed by atoms with E-state index in [0.29, 0.717) is 0 Å². The Kier molecular flexibility index (Phi) is 5.31. The first-order valence-electron chi connectivity index (χ1n) is 5.72. The molecule has 0 bridgehead atoms. The second-order valence-corrected chi connectivity index (χ2v) is 4.83. The zero-order valence-electron chi connectivity index (χ0n) is 11.7. The molecule has 0 aliphatic carbocycles. The molecule has 0 rings (SSSR count). The van der Waals surface area contributed by atoms with Gasteiger partial charge in [0.1, 0.15) is 0 Å². The molecule has 2 N–H and O–H groups in total. The van der Waals surface area contributed by atoms with Crippen molar-refractivity contribution in [1.82, 2.24) is 0 Å². The van der Waals surface area contributed by atoms with Gasteiger partial charge in [0, 0.05) is 0 Å². The van der Waals surface area contributed by atoms with E-state index in [1.54, 1.807) is 0 Å². The van der Waals surface area contributed by atoms with Crippen LogP contribution in [0.5, 0.6) is 0 Å². The molecular weight excluding hydrogens is 240 g/mol. The highest BCUT2D eigenvalue weighted by Crippen LogP contribution is 2.37. The Morgan fingerprint density at radius 3 is 1.17 bits per heavy atom. The maximum absolute atomic E-state index is 11.8. The molecule has 0 aromatic carbocycles. The largest absolute Gasteiger partial charge is 0.467 e. The third-order valence-electron chi connectivity index (χ3n) is 3.25. The van der Waals surface area contributed by atoms with Crippen molar-refractivity contribution in [2.75, 3.05) is 14.2 Å². The standard InChI is InChI=1S/C12H22O6/c1-7(2)11(15,9(13)17-5)12(16,8(3)4)10(14)18-6/h7-8,15-16H,1-6H3. The number of hydrogen-bond donors (Lipinski definition) is 2. The minimum absolute atomic E-state index is 0.739. The van der Waals surface area contributed by atoms with Crippen LogP contribution in [0.2, 0.25) is 0 Å². The van der Waals surface area contributed by atoms with E-state index in [9.17, 15) is 19.8 Å². The number of carbonyl (C=O) groups excluding carboxylic acids is 2. The molecule has 0 aliphatic heterocycles. The van der Waals surface area contributed by atoms with E-state index in [4.69, 9.17) is 0 Å². The van der Waals surface area contributed by atoms with Gasteiger partial charge in [-0.15, -0.1) is 0 Å². The average molecular weight is 262 g/mol. The Balaban J connectivity index is 5.97. The predicted molar refractivity (Wildman–Crippen MR) is 63.6 cm³/mol. The molecule has 0 radical (unpaired) electrons. The van der Waals surface area contributed by atoms with Crippen LogP contribution >= 0.6 is 0 Å². The van der Waals surface area contributed by atoms with Crippen molar-refractivity contribution in [2.45, 2.75) is 38.9 Å². The maximum atomic E-state index is 11.8. The molecule has 0 heterocycles. The lowest BCUT2D eigenvalue weighted by Crippen LogP contribution is -2.69. The highest BCUT2D eigenvalue weighted by atomic mass is 16.6. The summed E-state index contributed by atoms with van der Waals surface area (Å²) in [7, 11) is 2.15. The van der Waals surface area contributed by atoms with Crippen molar-refractivity contribution in [1.29, 1.82) is 0 Å². The number of rotatable bonds is 5. The van der Waals surface area contributed by atoms with Crippen LogP contribution < -0.4 is 0 Å². The summed E-state index contributed by atoms with van der Waals surface area (Å²) < 4.78 is 9.02. The van der Waals surface area contributed by atoms with E-state index in [1.165, 1.54) is 27.7 Å². The van der Waals surface area contributed by atoms with Gasteiger partial charge < -0.3 is 19.7 Å². The van der Waals surface area contributed by atoms with Gasteiger partial charge in [-0.1, -0.05) is 27.7 Å². The summed E-state index contributed by atoms with van der Waals surface area (Å²) in [6.45, 7) is 6.03. The van der Waals surface area contributed by atoms with E-state index in [0.717, 1.165) is 14.2 Å². The molecule has 2 unspecified atom stereocenters. The van der Waals surface area contributed by atoms with Crippen LogP contribution in [0, 0.1) is 11.8 Å². The molecule has 0 spiro atoms. The second kappa shape index (κ2) is 5.67. The second-order valence-electron chi connectivity index (χ2n) is 4.83. The summed E-state index contributed by atoms with van der Waals surface area (Å²) in [5.74, 6) is -3.62. The van der Waals surface area contributed by atoms with Crippen molar-refractivity contribution < 1.29 is 29.3 Å². The minimum Gasteiger partial charge on any atom is -0.467 e. The molecule has 2 atom stereocenters. The maximum Gasteiger partial charge on any atom is 0.341 e. The number of methoxy groups -OCH3 is 2. The van der Waals surface area contributed by atoms with Crippen LogP contribution in [0.3, 0.4) is 0 Å². The molecule has 18 heavy (non-hydrogen) atoms. The van der Waals surface area contributed by atoms with Crippen LogP contribution in [-0.2, 0) is 19.1 Å². The van der Waals surface area contributed by atoms with Crippen molar-refractivity contribution in [2.24, 2.45) is 11.8 Å². The normalized spacial score (nSPS) is 18.1. The van der Waals surface area contributed by atoms with Crippen molar-refractivity contribution in [3.8, 4) is 0 Å². The van der Waals surface area contributed by atoms with Crippen LogP contribution in [0.4, 0.5) is 0 Å². The van der Waals surface area contributed by atoms with E-state index in [1.807, 2.05) is 0 Å². The summed E-state index contributed by atoms with van der Waals surface area (Å²) in [6.07, 6.45) is 0. The topological polar surface area (TPSA) is 93.1 Å². The third-order valence-corrected chi connectivity index (χ3v) is 3.25. The van der Waals surface area contributed by atoms with Crippen LogP contribution in [0.25, 0.3) is 0 Å². The fourth-order valence-electron chi connectivity index (χ4n) is 1.97. The smallest absolute Gasteiger partial charge is 0.341 e. The zero-order chi connectivity index (χ0) is 14.7. The van der Waals surface area contributed by atoms with Gasteiger partial charge in [0.05, 0.1) is 14.2 Å². The van der Waals surface area contributed by atoms with Gasteiger partial charge in [-0.3, -0.25) is 0 Å². The summed E-state index contributed by atoms with van der Waals surface area (Å²) in [5.41, 5.74) is -4.74. The third kappa shape index (κ3) is 2.22. The monoisotopic (exact) mass is 262 g/mol. The molecular formula is C12H22O6. The quantitative estimate of drug-likeness (QED) is 0.683. The fourth-order valence-corrected chi connectivity index (χ4v) is 1.97. The SMILES string of the molecule is COC(=O)C(O)(C(C)C)C(O)(C(=O)OC)C(C)C. The van der Waals surface area contributed by atoms with Gasteiger partial charge in [0.15, 0.2) is 0 Å². The fraction of sp³-hybridized carbons (Fsp3) is 0.833.